The first-order valence-electron chi connectivity index (χ1n) is 6.19. The van der Waals surface area contributed by atoms with Gasteiger partial charge in [0.25, 0.3) is 0 Å². The summed E-state index contributed by atoms with van der Waals surface area (Å²) in [6.07, 6.45) is 0. The molecule has 1 unspecified atom stereocenters. The lowest BCUT2D eigenvalue weighted by atomic mass is 9.95. The minimum Gasteiger partial charge on any atom is -0.496 e. The highest BCUT2D eigenvalue weighted by atomic mass is 32.1. The van der Waals surface area contributed by atoms with Crippen LogP contribution in [0.3, 0.4) is 0 Å². The molecule has 0 saturated carbocycles. The van der Waals surface area contributed by atoms with Gasteiger partial charge in [-0.05, 0) is 17.7 Å². The lowest BCUT2D eigenvalue weighted by Crippen LogP contribution is -2.09. The van der Waals surface area contributed by atoms with E-state index in [1.54, 1.807) is 29.6 Å². The standard InChI is InChI=1S/C15H11NO4S/c1-18-10-5-14(21-7-10)15(17)11(6-16)9-2-3-12-13(4-9)20-8-19-12/h2-5,7,11H,8H2,1H3. The molecule has 0 amide bonds. The highest BCUT2D eigenvalue weighted by Gasteiger charge is 2.25. The van der Waals surface area contributed by atoms with Crippen LogP contribution in [-0.4, -0.2) is 19.7 Å². The zero-order valence-electron chi connectivity index (χ0n) is 11.2. The van der Waals surface area contributed by atoms with Gasteiger partial charge in [-0.2, -0.15) is 5.26 Å². The molecule has 21 heavy (non-hydrogen) atoms. The van der Waals surface area contributed by atoms with Crippen LogP contribution in [0, 0.1) is 11.3 Å². The SMILES string of the molecule is COc1csc(C(=O)C(C#N)c2ccc3c(c2)OCO3)c1. The van der Waals surface area contributed by atoms with Crippen molar-refractivity contribution in [3.05, 3.63) is 40.1 Å². The number of methoxy groups -OCH3 is 1. The monoisotopic (exact) mass is 301 g/mol. The number of ether oxygens (including phenoxy) is 3. The topological polar surface area (TPSA) is 68.6 Å². The fraction of sp³-hybridized carbons (Fsp3) is 0.200. The molecule has 0 N–H and O–H groups in total. The van der Waals surface area contributed by atoms with Crippen molar-refractivity contribution in [3.63, 3.8) is 0 Å². The Morgan fingerprint density at radius 1 is 1.38 bits per heavy atom. The number of Topliss-reactive ketones (excluding diaryl/α,β-unsaturated/α-hetero) is 1. The average molecular weight is 301 g/mol. The van der Waals surface area contributed by atoms with Gasteiger partial charge in [-0.25, -0.2) is 0 Å². The molecule has 0 saturated heterocycles. The molecule has 1 aliphatic heterocycles. The molecule has 2 heterocycles. The van der Waals surface area contributed by atoms with Gasteiger partial charge in [-0.3, -0.25) is 4.79 Å². The summed E-state index contributed by atoms with van der Waals surface area (Å²) < 4.78 is 15.6. The number of nitrogens with zero attached hydrogens (tertiary/aromatic N) is 1. The number of fused-ring (bicyclic) bond motifs is 1. The van der Waals surface area contributed by atoms with E-state index in [1.165, 1.54) is 18.4 Å². The molecule has 1 aliphatic rings. The van der Waals surface area contributed by atoms with Crippen LogP contribution in [0.15, 0.2) is 29.6 Å². The maximum atomic E-state index is 12.5. The Kier molecular flexibility index (Phi) is 3.50. The summed E-state index contributed by atoms with van der Waals surface area (Å²) in [7, 11) is 1.54. The Labute approximate surface area is 125 Å². The third-order valence-corrected chi connectivity index (χ3v) is 4.10. The molecule has 3 rings (SSSR count). The van der Waals surface area contributed by atoms with Gasteiger partial charge >= 0.3 is 0 Å². The Bertz CT molecular complexity index is 732. The van der Waals surface area contributed by atoms with E-state index in [-0.39, 0.29) is 12.6 Å². The van der Waals surface area contributed by atoms with Crippen molar-refractivity contribution >= 4 is 17.1 Å². The van der Waals surface area contributed by atoms with E-state index in [1.807, 2.05) is 0 Å². The van der Waals surface area contributed by atoms with Gasteiger partial charge in [0.15, 0.2) is 17.3 Å². The second-order valence-electron chi connectivity index (χ2n) is 4.39. The van der Waals surface area contributed by atoms with Gasteiger partial charge in [0.1, 0.15) is 11.7 Å². The Morgan fingerprint density at radius 3 is 2.90 bits per heavy atom. The largest absolute Gasteiger partial charge is 0.496 e. The minimum absolute atomic E-state index is 0.159. The van der Waals surface area contributed by atoms with E-state index in [0.29, 0.717) is 27.7 Å². The maximum Gasteiger partial charge on any atom is 0.231 e. The third kappa shape index (κ3) is 2.43. The number of nitriles is 1. The smallest absolute Gasteiger partial charge is 0.231 e. The molecular formula is C15H11NO4S. The molecule has 2 aromatic rings. The number of carbonyl (C=O) groups is 1. The van der Waals surface area contributed by atoms with Gasteiger partial charge in [-0.15, -0.1) is 11.3 Å². The average Bonchev–Trinajstić information content (AvgIpc) is 3.16. The first kappa shape index (κ1) is 13.5. The second kappa shape index (κ2) is 5.46. The summed E-state index contributed by atoms with van der Waals surface area (Å²) in [5.74, 6) is 0.684. The summed E-state index contributed by atoms with van der Waals surface area (Å²) >= 11 is 1.26. The molecule has 1 aromatic carbocycles. The van der Waals surface area contributed by atoms with Crippen molar-refractivity contribution in [2.75, 3.05) is 13.9 Å². The molecular weight excluding hydrogens is 290 g/mol. The maximum absolute atomic E-state index is 12.5. The minimum atomic E-state index is -0.872. The first-order chi connectivity index (χ1) is 10.2. The van der Waals surface area contributed by atoms with Crippen molar-refractivity contribution < 1.29 is 19.0 Å². The number of thiophene rings is 1. The molecule has 0 fully saturated rings. The number of benzene rings is 1. The summed E-state index contributed by atoms with van der Waals surface area (Å²) in [5.41, 5.74) is 0.596. The van der Waals surface area contributed by atoms with Crippen LogP contribution in [0.5, 0.6) is 17.2 Å². The van der Waals surface area contributed by atoms with Crippen molar-refractivity contribution in [3.8, 4) is 23.3 Å². The van der Waals surface area contributed by atoms with E-state index < -0.39 is 5.92 Å². The zero-order valence-corrected chi connectivity index (χ0v) is 12.0. The molecule has 0 radical (unpaired) electrons. The van der Waals surface area contributed by atoms with Crippen LogP contribution in [0.2, 0.25) is 0 Å². The molecule has 0 spiro atoms. The van der Waals surface area contributed by atoms with Crippen molar-refractivity contribution in [2.45, 2.75) is 5.92 Å². The third-order valence-electron chi connectivity index (χ3n) is 3.18. The molecule has 1 atom stereocenters. The van der Waals surface area contributed by atoms with Crippen molar-refractivity contribution in [1.82, 2.24) is 0 Å². The van der Waals surface area contributed by atoms with E-state index in [0.717, 1.165) is 0 Å². The fourth-order valence-corrected chi connectivity index (χ4v) is 2.90. The number of rotatable bonds is 4. The highest BCUT2D eigenvalue weighted by molar-refractivity contribution is 7.12. The van der Waals surface area contributed by atoms with E-state index in [2.05, 4.69) is 6.07 Å². The van der Waals surface area contributed by atoms with Crippen LogP contribution in [0.25, 0.3) is 0 Å². The van der Waals surface area contributed by atoms with E-state index in [9.17, 15) is 10.1 Å². The summed E-state index contributed by atoms with van der Waals surface area (Å²) in [6.45, 7) is 0.159. The first-order valence-corrected chi connectivity index (χ1v) is 7.07. The molecule has 1 aromatic heterocycles. The highest BCUT2D eigenvalue weighted by Crippen LogP contribution is 2.36. The lowest BCUT2D eigenvalue weighted by molar-refractivity contribution is 0.0982. The second-order valence-corrected chi connectivity index (χ2v) is 5.30. The number of hydrogen-bond acceptors (Lipinski definition) is 6. The van der Waals surface area contributed by atoms with Crippen molar-refractivity contribution in [1.29, 1.82) is 5.26 Å². The predicted molar refractivity (Wildman–Crippen MR) is 76.1 cm³/mol. The summed E-state index contributed by atoms with van der Waals surface area (Å²) in [6, 6.07) is 8.80. The molecule has 5 nitrogen and oxygen atoms in total. The normalized spacial score (nSPS) is 13.5. The molecule has 0 bridgehead atoms. The number of hydrogen-bond donors (Lipinski definition) is 0. The number of carbonyl (C=O) groups excluding carboxylic acids is 1. The Balaban J connectivity index is 1.91. The van der Waals surface area contributed by atoms with Crippen LogP contribution in [0.4, 0.5) is 0 Å². The van der Waals surface area contributed by atoms with Gasteiger partial charge in [0.2, 0.25) is 6.79 Å². The Morgan fingerprint density at radius 2 is 2.19 bits per heavy atom. The van der Waals surface area contributed by atoms with Gasteiger partial charge in [0.05, 0.1) is 18.1 Å². The van der Waals surface area contributed by atoms with Crippen LogP contribution in [-0.2, 0) is 0 Å². The predicted octanol–water partition coefficient (Wildman–Crippen LogP) is 2.98. The molecule has 6 heteroatoms. The molecule has 0 aliphatic carbocycles. The zero-order chi connectivity index (χ0) is 14.8. The molecule has 106 valence electrons. The van der Waals surface area contributed by atoms with Gasteiger partial charge in [-0.1, -0.05) is 6.07 Å². The van der Waals surface area contributed by atoms with Crippen molar-refractivity contribution in [2.24, 2.45) is 0 Å². The summed E-state index contributed by atoms with van der Waals surface area (Å²) in [5, 5.41) is 11.1. The van der Waals surface area contributed by atoms with Crippen LogP contribution >= 0.6 is 11.3 Å². The lowest BCUT2D eigenvalue weighted by Gasteiger charge is -2.08. The summed E-state index contributed by atoms with van der Waals surface area (Å²) in [4.78, 5) is 13.0. The van der Waals surface area contributed by atoms with E-state index in [4.69, 9.17) is 14.2 Å². The van der Waals surface area contributed by atoms with Crippen LogP contribution in [0.1, 0.15) is 21.2 Å². The Hall–Kier alpha value is -2.52. The quantitative estimate of drug-likeness (QED) is 0.812. The van der Waals surface area contributed by atoms with E-state index >= 15 is 0 Å². The van der Waals surface area contributed by atoms with Crippen LogP contribution < -0.4 is 14.2 Å². The van der Waals surface area contributed by atoms with Gasteiger partial charge in [0, 0.05) is 11.4 Å². The fourth-order valence-electron chi connectivity index (χ4n) is 2.07. The van der Waals surface area contributed by atoms with Gasteiger partial charge < -0.3 is 14.2 Å². The number of ketones is 1.